The first-order chi connectivity index (χ1) is 18.6. The lowest BCUT2D eigenvalue weighted by molar-refractivity contribution is -0.137. The number of thioether (sulfide) groups is 1. The quantitative estimate of drug-likeness (QED) is 0.267. The number of aryl methyl sites for hydroxylation is 1. The first-order valence-corrected chi connectivity index (χ1v) is 13.3. The van der Waals surface area contributed by atoms with Crippen LogP contribution in [0.3, 0.4) is 0 Å². The Morgan fingerprint density at radius 1 is 1.05 bits per heavy atom. The first-order valence-electron chi connectivity index (χ1n) is 12.4. The van der Waals surface area contributed by atoms with Crippen molar-refractivity contribution in [2.24, 2.45) is 0 Å². The fourth-order valence-corrected chi connectivity index (χ4v) is 5.59. The minimum absolute atomic E-state index is 0.00120. The van der Waals surface area contributed by atoms with Gasteiger partial charge in [0.15, 0.2) is 0 Å². The smallest absolute Gasteiger partial charge is 0.345 e. The highest BCUT2D eigenvalue weighted by Crippen LogP contribution is 2.42. The molecular weight excluding hydrogens is 523 g/mol. The molecule has 1 fully saturated rings. The summed E-state index contributed by atoms with van der Waals surface area (Å²) in [5.41, 5.74) is 1.66. The predicted molar refractivity (Wildman–Crippen MR) is 145 cm³/mol. The molecule has 0 aromatic heterocycles. The molecule has 1 N–H and O–H groups in total. The Labute approximate surface area is 229 Å². The van der Waals surface area contributed by atoms with Crippen LogP contribution in [0.1, 0.15) is 42.1 Å². The molecular formula is C30H26F3N3O2S. The van der Waals surface area contributed by atoms with Crippen molar-refractivity contribution in [1.29, 1.82) is 5.26 Å². The molecule has 2 unspecified atom stereocenters. The lowest BCUT2D eigenvalue weighted by atomic mass is 10.0. The fraction of sp³-hybridized carbons (Fsp3) is 0.233. The number of carbonyl (C=O) groups excluding carboxylic acids is 2. The largest absolute Gasteiger partial charge is 0.416 e. The number of halogens is 3. The Bertz CT molecular complexity index is 1430. The van der Waals surface area contributed by atoms with E-state index < -0.39 is 34.8 Å². The molecule has 2 atom stereocenters. The number of anilines is 1. The second-order valence-electron chi connectivity index (χ2n) is 9.10. The van der Waals surface area contributed by atoms with E-state index in [9.17, 15) is 28.0 Å². The van der Waals surface area contributed by atoms with Crippen LogP contribution in [0.4, 0.5) is 18.9 Å². The van der Waals surface area contributed by atoms with Gasteiger partial charge in [0.1, 0.15) is 16.7 Å². The highest BCUT2D eigenvalue weighted by molar-refractivity contribution is 8.05. The van der Waals surface area contributed by atoms with Crippen molar-refractivity contribution in [3.8, 4) is 6.07 Å². The number of alkyl halides is 3. The van der Waals surface area contributed by atoms with Gasteiger partial charge >= 0.3 is 6.18 Å². The van der Waals surface area contributed by atoms with Gasteiger partial charge in [0.2, 0.25) is 5.91 Å². The molecule has 1 aliphatic heterocycles. The van der Waals surface area contributed by atoms with Gasteiger partial charge in [-0.1, -0.05) is 79.3 Å². The number of benzene rings is 3. The summed E-state index contributed by atoms with van der Waals surface area (Å²) < 4.78 is 39.8. The van der Waals surface area contributed by atoms with Crippen molar-refractivity contribution in [3.63, 3.8) is 0 Å². The summed E-state index contributed by atoms with van der Waals surface area (Å²) in [7, 11) is 0. The van der Waals surface area contributed by atoms with Crippen LogP contribution in [-0.2, 0) is 28.6 Å². The van der Waals surface area contributed by atoms with Crippen LogP contribution in [-0.4, -0.2) is 17.1 Å². The van der Waals surface area contributed by atoms with Crippen molar-refractivity contribution in [1.82, 2.24) is 5.32 Å². The minimum Gasteiger partial charge on any atom is -0.345 e. The van der Waals surface area contributed by atoms with Gasteiger partial charge in [-0.2, -0.15) is 18.4 Å². The van der Waals surface area contributed by atoms with E-state index in [-0.39, 0.29) is 17.0 Å². The van der Waals surface area contributed by atoms with E-state index >= 15 is 0 Å². The van der Waals surface area contributed by atoms with E-state index in [1.165, 1.54) is 17.0 Å². The number of nitriles is 1. The van der Waals surface area contributed by atoms with Crippen molar-refractivity contribution in [3.05, 3.63) is 112 Å². The van der Waals surface area contributed by atoms with Gasteiger partial charge in [0, 0.05) is 5.69 Å². The molecule has 0 radical (unpaired) electrons. The molecule has 5 nitrogen and oxygen atoms in total. The van der Waals surface area contributed by atoms with Gasteiger partial charge in [-0.05, 0) is 54.7 Å². The number of hydrogen-bond acceptors (Lipinski definition) is 4. The van der Waals surface area contributed by atoms with Crippen molar-refractivity contribution in [2.75, 3.05) is 4.90 Å². The summed E-state index contributed by atoms with van der Waals surface area (Å²) in [6.07, 6.45) is -3.73. The van der Waals surface area contributed by atoms with Crippen molar-refractivity contribution >= 4 is 29.3 Å². The average molecular weight is 550 g/mol. The first kappa shape index (κ1) is 28.0. The predicted octanol–water partition coefficient (Wildman–Crippen LogP) is 6.57. The number of hydrogen-bond donors (Lipinski definition) is 1. The summed E-state index contributed by atoms with van der Waals surface area (Å²) in [4.78, 5) is 28.3. The van der Waals surface area contributed by atoms with Crippen LogP contribution >= 0.6 is 11.8 Å². The molecule has 0 bridgehead atoms. The Balaban J connectivity index is 1.70. The van der Waals surface area contributed by atoms with Crippen LogP contribution in [0.15, 0.2) is 89.5 Å². The monoisotopic (exact) mass is 549 g/mol. The summed E-state index contributed by atoms with van der Waals surface area (Å²) in [6, 6.07) is 22.8. The number of carbonyl (C=O) groups is 2. The normalized spacial score (nSPS) is 17.5. The molecule has 0 aliphatic carbocycles. The third-order valence-electron chi connectivity index (χ3n) is 6.43. The van der Waals surface area contributed by atoms with E-state index in [1.807, 2.05) is 55.5 Å². The lowest BCUT2D eigenvalue weighted by Crippen LogP contribution is -2.33. The van der Waals surface area contributed by atoms with Gasteiger partial charge in [-0.25, -0.2) is 0 Å². The molecule has 1 aliphatic rings. The standard InChI is InChI=1S/C30H26F3N3O2S/c1-3-20-12-14-24(15-13-20)36-28(38)26(17-21-8-7-11-23(16-21)30(31,32)33)39-29(36)25(18-34)27(37)35-19(2)22-9-5-4-6-10-22/h4-16,19,26H,3,17H2,1-2H3,(H,35,37)/b29-25-. The molecule has 9 heteroatoms. The maximum Gasteiger partial charge on any atom is 0.416 e. The third kappa shape index (κ3) is 6.35. The van der Waals surface area contributed by atoms with E-state index in [4.69, 9.17) is 0 Å². The summed E-state index contributed by atoms with van der Waals surface area (Å²) in [5, 5.41) is 12.2. The van der Waals surface area contributed by atoms with E-state index in [0.717, 1.165) is 41.4 Å². The lowest BCUT2D eigenvalue weighted by Gasteiger charge is -2.20. The number of nitrogens with one attached hydrogen (secondary N) is 1. The zero-order valence-corrected chi connectivity index (χ0v) is 22.1. The highest BCUT2D eigenvalue weighted by atomic mass is 32.2. The fourth-order valence-electron chi connectivity index (χ4n) is 4.29. The number of rotatable bonds is 7. The topological polar surface area (TPSA) is 73.2 Å². The second kappa shape index (κ2) is 11.8. The van der Waals surface area contributed by atoms with Crippen LogP contribution < -0.4 is 10.2 Å². The molecule has 1 saturated heterocycles. The van der Waals surface area contributed by atoms with Gasteiger partial charge in [0.25, 0.3) is 5.91 Å². The van der Waals surface area contributed by atoms with Crippen molar-refractivity contribution in [2.45, 2.75) is 44.2 Å². The summed E-state index contributed by atoms with van der Waals surface area (Å²) >= 11 is 1.02. The second-order valence-corrected chi connectivity index (χ2v) is 10.3. The molecule has 2 amide bonds. The van der Waals surface area contributed by atoms with E-state index in [2.05, 4.69) is 5.32 Å². The molecule has 0 saturated carbocycles. The molecule has 200 valence electrons. The van der Waals surface area contributed by atoms with E-state index in [0.29, 0.717) is 11.3 Å². The SMILES string of the molecule is CCc1ccc(N2C(=O)C(Cc3cccc(C(F)(F)F)c3)S/C2=C(/C#N)C(=O)NC(C)c2ccccc2)cc1. The van der Waals surface area contributed by atoms with Gasteiger partial charge in [-0.3, -0.25) is 14.5 Å². The van der Waals surface area contributed by atoms with Gasteiger partial charge in [0.05, 0.1) is 16.9 Å². The summed E-state index contributed by atoms with van der Waals surface area (Å²) in [5.74, 6) is -1.05. The Morgan fingerprint density at radius 2 is 1.74 bits per heavy atom. The Kier molecular flexibility index (Phi) is 8.46. The maximum absolute atomic E-state index is 13.7. The summed E-state index contributed by atoms with van der Waals surface area (Å²) in [6.45, 7) is 3.78. The molecule has 3 aromatic rings. The van der Waals surface area contributed by atoms with Crippen LogP contribution in [0.5, 0.6) is 0 Å². The third-order valence-corrected chi connectivity index (χ3v) is 7.69. The van der Waals surface area contributed by atoms with Crippen LogP contribution in [0.2, 0.25) is 0 Å². The zero-order chi connectivity index (χ0) is 28.2. The molecule has 0 spiro atoms. The van der Waals surface area contributed by atoms with Crippen LogP contribution in [0.25, 0.3) is 0 Å². The number of amides is 2. The van der Waals surface area contributed by atoms with E-state index in [1.54, 1.807) is 19.1 Å². The van der Waals surface area contributed by atoms with Gasteiger partial charge < -0.3 is 5.32 Å². The molecule has 39 heavy (non-hydrogen) atoms. The minimum atomic E-state index is -4.51. The zero-order valence-electron chi connectivity index (χ0n) is 21.3. The Hall–Kier alpha value is -4.03. The highest BCUT2D eigenvalue weighted by Gasteiger charge is 2.41. The molecule has 4 rings (SSSR count). The molecule has 3 aromatic carbocycles. The Morgan fingerprint density at radius 3 is 2.36 bits per heavy atom. The van der Waals surface area contributed by atoms with Crippen LogP contribution in [0, 0.1) is 11.3 Å². The van der Waals surface area contributed by atoms with Crippen molar-refractivity contribution < 1.29 is 22.8 Å². The number of nitrogens with zero attached hydrogens (tertiary/aromatic N) is 2. The average Bonchev–Trinajstić information content (AvgIpc) is 3.24. The van der Waals surface area contributed by atoms with Gasteiger partial charge in [-0.15, -0.1) is 0 Å². The maximum atomic E-state index is 13.7. The molecule has 1 heterocycles.